The van der Waals surface area contributed by atoms with Crippen LogP contribution in [-0.2, 0) is 0 Å². The largest absolute Gasteiger partial charge is 0.300 e. The molecule has 0 aliphatic heterocycles. The SMILES string of the molecule is CCN(CC(CBr)C(C)(C)C)C1CCCCC1. The van der Waals surface area contributed by atoms with Crippen LogP contribution in [0, 0.1) is 11.3 Å². The fourth-order valence-corrected chi connectivity index (χ4v) is 4.00. The standard InChI is InChI=1S/C15H30BrN/c1-5-17(14-9-7-6-8-10-14)12-13(11-16)15(2,3)4/h13-14H,5-12H2,1-4H3. The summed E-state index contributed by atoms with van der Waals surface area (Å²) in [7, 11) is 0. The minimum Gasteiger partial charge on any atom is -0.300 e. The zero-order chi connectivity index (χ0) is 12.9. The molecule has 1 aliphatic rings. The van der Waals surface area contributed by atoms with Gasteiger partial charge in [0.1, 0.15) is 0 Å². The van der Waals surface area contributed by atoms with Crippen LogP contribution in [0.5, 0.6) is 0 Å². The van der Waals surface area contributed by atoms with Gasteiger partial charge in [0.25, 0.3) is 0 Å². The van der Waals surface area contributed by atoms with E-state index in [1.807, 2.05) is 0 Å². The lowest BCUT2D eigenvalue weighted by molar-refractivity contribution is 0.109. The van der Waals surface area contributed by atoms with Gasteiger partial charge in [0.15, 0.2) is 0 Å². The molecule has 0 bridgehead atoms. The van der Waals surface area contributed by atoms with Gasteiger partial charge < -0.3 is 4.90 Å². The molecule has 1 saturated carbocycles. The molecule has 17 heavy (non-hydrogen) atoms. The Balaban J connectivity index is 2.54. The number of alkyl halides is 1. The second-order valence-electron chi connectivity index (χ2n) is 6.60. The molecule has 1 nitrogen and oxygen atoms in total. The Morgan fingerprint density at radius 1 is 1.18 bits per heavy atom. The Labute approximate surface area is 116 Å². The molecule has 1 unspecified atom stereocenters. The van der Waals surface area contributed by atoms with Crippen molar-refractivity contribution in [2.75, 3.05) is 18.4 Å². The van der Waals surface area contributed by atoms with E-state index in [2.05, 4.69) is 48.5 Å². The summed E-state index contributed by atoms with van der Waals surface area (Å²) in [6.45, 7) is 11.9. The molecule has 0 aromatic carbocycles. The van der Waals surface area contributed by atoms with Crippen molar-refractivity contribution in [3.05, 3.63) is 0 Å². The summed E-state index contributed by atoms with van der Waals surface area (Å²) < 4.78 is 0. The highest BCUT2D eigenvalue weighted by Gasteiger charge is 2.28. The Bertz CT molecular complexity index is 203. The van der Waals surface area contributed by atoms with Crippen LogP contribution >= 0.6 is 15.9 Å². The number of hydrogen-bond acceptors (Lipinski definition) is 1. The van der Waals surface area contributed by atoms with Gasteiger partial charge in [-0.05, 0) is 30.7 Å². The molecule has 0 radical (unpaired) electrons. The third kappa shape index (κ3) is 4.90. The van der Waals surface area contributed by atoms with Crippen LogP contribution in [0.4, 0.5) is 0 Å². The Hall–Kier alpha value is 0.440. The molecule has 0 aromatic rings. The van der Waals surface area contributed by atoms with E-state index in [1.165, 1.54) is 45.2 Å². The topological polar surface area (TPSA) is 3.24 Å². The van der Waals surface area contributed by atoms with Gasteiger partial charge in [0.2, 0.25) is 0 Å². The van der Waals surface area contributed by atoms with Gasteiger partial charge in [-0.15, -0.1) is 0 Å². The van der Waals surface area contributed by atoms with Gasteiger partial charge in [-0.1, -0.05) is 62.9 Å². The smallest absolute Gasteiger partial charge is 0.00952 e. The summed E-state index contributed by atoms with van der Waals surface area (Å²) in [4.78, 5) is 2.73. The highest BCUT2D eigenvalue weighted by Crippen LogP contribution is 2.30. The maximum absolute atomic E-state index is 3.71. The molecular formula is C15H30BrN. The highest BCUT2D eigenvalue weighted by molar-refractivity contribution is 9.09. The van der Waals surface area contributed by atoms with Crippen LogP contribution < -0.4 is 0 Å². The summed E-state index contributed by atoms with van der Waals surface area (Å²) >= 11 is 3.71. The van der Waals surface area contributed by atoms with E-state index < -0.39 is 0 Å². The van der Waals surface area contributed by atoms with Crippen molar-refractivity contribution in [3.63, 3.8) is 0 Å². The summed E-state index contributed by atoms with van der Waals surface area (Å²) in [5.74, 6) is 0.754. The first kappa shape index (κ1) is 15.5. The van der Waals surface area contributed by atoms with E-state index in [9.17, 15) is 0 Å². The predicted molar refractivity (Wildman–Crippen MR) is 80.9 cm³/mol. The Morgan fingerprint density at radius 3 is 2.18 bits per heavy atom. The lowest BCUT2D eigenvalue weighted by atomic mass is 9.81. The Morgan fingerprint density at radius 2 is 1.76 bits per heavy atom. The van der Waals surface area contributed by atoms with E-state index in [-0.39, 0.29) is 0 Å². The van der Waals surface area contributed by atoms with Gasteiger partial charge in [0.05, 0.1) is 0 Å². The molecule has 1 aliphatic carbocycles. The normalized spacial score (nSPS) is 20.8. The van der Waals surface area contributed by atoms with Crippen molar-refractivity contribution in [2.24, 2.45) is 11.3 Å². The molecule has 0 aromatic heterocycles. The van der Waals surface area contributed by atoms with Crippen molar-refractivity contribution in [1.82, 2.24) is 4.90 Å². The molecule has 0 heterocycles. The van der Waals surface area contributed by atoms with Crippen molar-refractivity contribution in [3.8, 4) is 0 Å². The van der Waals surface area contributed by atoms with Crippen LogP contribution in [0.3, 0.4) is 0 Å². The van der Waals surface area contributed by atoms with Gasteiger partial charge in [-0.25, -0.2) is 0 Å². The summed E-state index contributed by atoms with van der Waals surface area (Å²) in [5.41, 5.74) is 0.408. The van der Waals surface area contributed by atoms with Crippen molar-refractivity contribution >= 4 is 15.9 Å². The van der Waals surface area contributed by atoms with Crippen molar-refractivity contribution in [1.29, 1.82) is 0 Å². The number of rotatable bonds is 5. The van der Waals surface area contributed by atoms with Crippen molar-refractivity contribution < 1.29 is 0 Å². The van der Waals surface area contributed by atoms with E-state index >= 15 is 0 Å². The molecule has 1 atom stereocenters. The molecule has 0 saturated heterocycles. The monoisotopic (exact) mass is 303 g/mol. The molecule has 0 amide bonds. The Kier molecular flexibility index (Phi) is 6.50. The third-order valence-corrected chi connectivity index (χ3v) is 5.14. The summed E-state index contributed by atoms with van der Waals surface area (Å²) in [5, 5.41) is 1.12. The lowest BCUT2D eigenvalue weighted by Crippen LogP contribution is -2.43. The third-order valence-electron chi connectivity index (χ3n) is 4.36. The fourth-order valence-electron chi connectivity index (χ4n) is 2.82. The quantitative estimate of drug-likeness (QED) is 0.666. The molecule has 0 N–H and O–H groups in total. The second-order valence-corrected chi connectivity index (χ2v) is 7.24. The number of nitrogens with zero attached hydrogens (tertiary/aromatic N) is 1. The first-order valence-electron chi connectivity index (χ1n) is 7.29. The predicted octanol–water partition coefficient (Wildman–Crippen LogP) is 4.70. The zero-order valence-corrected chi connectivity index (χ0v) is 13.7. The summed E-state index contributed by atoms with van der Waals surface area (Å²) in [6, 6.07) is 0.859. The van der Waals surface area contributed by atoms with Crippen LogP contribution in [0.25, 0.3) is 0 Å². The zero-order valence-electron chi connectivity index (χ0n) is 12.1. The molecule has 1 rings (SSSR count). The minimum atomic E-state index is 0.408. The van der Waals surface area contributed by atoms with E-state index in [4.69, 9.17) is 0 Å². The van der Waals surface area contributed by atoms with Crippen LogP contribution in [0.1, 0.15) is 59.8 Å². The lowest BCUT2D eigenvalue weighted by Gasteiger charge is -2.39. The second kappa shape index (κ2) is 7.13. The maximum Gasteiger partial charge on any atom is 0.00952 e. The van der Waals surface area contributed by atoms with E-state index in [1.54, 1.807) is 0 Å². The first-order chi connectivity index (χ1) is 7.99. The van der Waals surface area contributed by atoms with Gasteiger partial charge in [-0.3, -0.25) is 0 Å². The van der Waals surface area contributed by atoms with Crippen LogP contribution in [-0.4, -0.2) is 29.4 Å². The molecule has 1 fully saturated rings. The fraction of sp³-hybridized carbons (Fsp3) is 1.00. The average Bonchev–Trinajstić information content (AvgIpc) is 2.30. The summed E-state index contributed by atoms with van der Waals surface area (Å²) in [6.07, 6.45) is 7.18. The van der Waals surface area contributed by atoms with Crippen LogP contribution in [0.15, 0.2) is 0 Å². The first-order valence-corrected chi connectivity index (χ1v) is 8.41. The molecule has 0 spiro atoms. The van der Waals surface area contributed by atoms with E-state index in [0.29, 0.717) is 5.41 Å². The van der Waals surface area contributed by atoms with Crippen molar-refractivity contribution in [2.45, 2.75) is 65.8 Å². The maximum atomic E-state index is 3.71. The average molecular weight is 304 g/mol. The molecule has 2 heteroatoms. The minimum absolute atomic E-state index is 0.408. The highest BCUT2D eigenvalue weighted by atomic mass is 79.9. The van der Waals surface area contributed by atoms with Crippen LogP contribution in [0.2, 0.25) is 0 Å². The molecule has 102 valence electrons. The van der Waals surface area contributed by atoms with Gasteiger partial charge in [-0.2, -0.15) is 0 Å². The number of hydrogen-bond donors (Lipinski definition) is 0. The van der Waals surface area contributed by atoms with Gasteiger partial charge in [0, 0.05) is 17.9 Å². The molecular weight excluding hydrogens is 274 g/mol. The van der Waals surface area contributed by atoms with E-state index in [0.717, 1.165) is 17.3 Å². The van der Waals surface area contributed by atoms with Gasteiger partial charge >= 0.3 is 0 Å². The number of halogens is 1.